The number of carbonyl (C=O) groups excluding carboxylic acids is 3. The van der Waals surface area contributed by atoms with Crippen LogP contribution in [-0.4, -0.2) is 44.6 Å². The normalized spacial score (nSPS) is 14.1. The molecule has 10 heteroatoms. The number of hydrogen-bond donors (Lipinski definition) is 2. The van der Waals surface area contributed by atoms with Crippen LogP contribution in [0.4, 0.5) is 15.0 Å². The number of nitrogens with one attached hydrogen (secondary N) is 1. The molecule has 1 aromatic carbocycles. The zero-order valence-electron chi connectivity index (χ0n) is 14.9. The van der Waals surface area contributed by atoms with Crippen LogP contribution >= 0.6 is 11.6 Å². The van der Waals surface area contributed by atoms with Gasteiger partial charge in [-0.2, -0.15) is 9.78 Å². The van der Waals surface area contributed by atoms with Crippen LogP contribution in [0.5, 0.6) is 0 Å². The lowest BCUT2D eigenvalue weighted by Gasteiger charge is -2.29. The summed E-state index contributed by atoms with van der Waals surface area (Å²) in [6.45, 7) is 3.59. The third kappa shape index (κ3) is 3.69. The monoisotopic (exact) mass is 396 g/mol. The van der Waals surface area contributed by atoms with Crippen LogP contribution in [0.2, 0.25) is 0 Å². The maximum Gasteiger partial charge on any atom is 0.317 e. The number of benzene rings is 1. The summed E-state index contributed by atoms with van der Waals surface area (Å²) in [6.07, 6.45) is 0.460. The summed E-state index contributed by atoms with van der Waals surface area (Å²) in [5.74, 6) is -0.833. The molecule has 2 N–H and O–H groups in total. The fourth-order valence-corrected chi connectivity index (χ4v) is 3.14. The van der Waals surface area contributed by atoms with Crippen molar-refractivity contribution in [2.24, 2.45) is 0 Å². The molecule has 0 radical (unpaired) electrons. The van der Waals surface area contributed by atoms with Crippen LogP contribution in [0.3, 0.4) is 0 Å². The van der Waals surface area contributed by atoms with E-state index >= 15 is 0 Å². The number of fused-ring (bicyclic) bond motifs is 1. The number of aliphatic hydroxyl groups excluding tert-OH is 1. The molecule has 0 atom stereocenters. The zero-order chi connectivity index (χ0) is 20.4. The Morgan fingerprint density at radius 1 is 1.30 bits per heavy atom. The predicted molar refractivity (Wildman–Crippen MR) is 96.7 cm³/mol. The van der Waals surface area contributed by atoms with Gasteiger partial charge in [-0.15, -0.1) is 0 Å². The number of rotatable bonds is 3. The van der Waals surface area contributed by atoms with Gasteiger partial charge in [0.05, 0.1) is 17.8 Å². The van der Waals surface area contributed by atoms with Crippen LogP contribution in [0, 0.1) is 5.82 Å². The smallest absolute Gasteiger partial charge is 0.317 e. The van der Waals surface area contributed by atoms with E-state index < -0.39 is 22.6 Å². The van der Waals surface area contributed by atoms with Gasteiger partial charge in [0.1, 0.15) is 11.6 Å². The lowest BCUT2D eigenvalue weighted by Crippen LogP contribution is -2.38. The van der Waals surface area contributed by atoms with Gasteiger partial charge in [0.25, 0.3) is 5.91 Å². The van der Waals surface area contributed by atoms with E-state index in [1.807, 2.05) is 0 Å². The van der Waals surface area contributed by atoms with E-state index in [0.717, 1.165) is 23.9 Å². The quantitative estimate of drug-likeness (QED) is 0.470. The van der Waals surface area contributed by atoms with Crippen molar-refractivity contribution in [3.05, 3.63) is 46.9 Å². The highest BCUT2D eigenvalue weighted by atomic mass is 35.5. The second kappa shape index (κ2) is 7.85. The largest absolute Gasteiger partial charge is 0.400 e. The molecule has 144 valence electrons. The Morgan fingerprint density at radius 2 is 1.89 bits per heavy atom. The predicted octanol–water partition coefficient (Wildman–Crippen LogP) is 2.33. The minimum absolute atomic E-state index is 0.109. The summed E-state index contributed by atoms with van der Waals surface area (Å²) >= 11 is 5.62. The van der Waals surface area contributed by atoms with E-state index in [-0.39, 0.29) is 17.9 Å². The molecule has 1 aliphatic heterocycles. The van der Waals surface area contributed by atoms with Crippen molar-refractivity contribution in [1.29, 1.82) is 0 Å². The molecule has 0 aliphatic carbocycles. The fraction of sp³-hybridized carbons (Fsp3) is 0.294. The third-order valence-corrected chi connectivity index (χ3v) is 4.43. The van der Waals surface area contributed by atoms with E-state index in [4.69, 9.17) is 16.7 Å². The molecular weight excluding hydrogens is 379 g/mol. The highest BCUT2D eigenvalue weighted by molar-refractivity contribution is 6.62. The first-order chi connectivity index (χ1) is 12.8. The molecule has 0 saturated carbocycles. The number of carbonyl (C=O) groups is 3. The zero-order valence-corrected chi connectivity index (χ0v) is 15.6. The maximum absolute atomic E-state index is 13.0. The molecule has 0 spiro atoms. The Morgan fingerprint density at radius 3 is 2.41 bits per heavy atom. The van der Waals surface area contributed by atoms with Crippen molar-refractivity contribution >= 4 is 35.1 Å². The summed E-state index contributed by atoms with van der Waals surface area (Å²) in [5, 5.41) is 13.1. The highest BCUT2D eigenvalue weighted by Crippen LogP contribution is 2.42. The van der Waals surface area contributed by atoms with Crippen molar-refractivity contribution in [1.82, 2.24) is 14.7 Å². The number of amides is 2. The molecule has 0 unspecified atom stereocenters. The van der Waals surface area contributed by atoms with Crippen LogP contribution in [-0.2, 0) is 16.9 Å². The lowest BCUT2D eigenvalue weighted by atomic mass is 10.0. The highest BCUT2D eigenvalue weighted by Gasteiger charge is 2.44. The first kappa shape index (κ1) is 20.5. The van der Waals surface area contributed by atoms with Gasteiger partial charge in [0, 0.05) is 18.2 Å². The molecule has 1 aliphatic rings. The summed E-state index contributed by atoms with van der Waals surface area (Å²) in [5.41, 5.74) is 0.401. The van der Waals surface area contributed by atoms with Gasteiger partial charge < -0.3 is 15.3 Å². The van der Waals surface area contributed by atoms with Gasteiger partial charge in [-0.3, -0.25) is 14.4 Å². The Balaban J connectivity index is 0.00000126. The Kier molecular flexibility index (Phi) is 5.97. The van der Waals surface area contributed by atoms with Crippen molar-refractivity contribution in [3.63, 3.8) is 0 Å². The molecule has 0 bridgehead atoms. The Bertz CT molecular complexity index is 880. The van der Waals surface area contributed by atoms with Gasteiger partial charge in [-0.25, -0.2) is 4.39 Å². The third-order valence-electron chi connectivity index (χ3n) is 4.23. The van der Waals surface area contributed by atoms with E-state index in [0.29, 0.717) is 17.7 Å². The molecule has 3 rings (SSSR count). The summed E-state index contributed by atoms with van der Waals surface area (Å²) in [4.78, 5) is 36.7. The van der Waals surface area contributed by atoms with Gasteiger partial charge in [0.15, 0.2) is 0 Å². The van der Waals surface area contributed by atoms with Crippen LogP contribution in [0.15, 0.2) is 24.3 Å². The van der Waals surface area contributed by atoms with Gasteiger partial charge in [0.2, 0.25) is 6.41 Å². The summed E-state index contributed by atoms with van der Waals surface area (Å²) in [6, 6.07) is 4.97. The molecule has 2 aromatic rings. The second-order valence-electron chi connectivity index (χ2n) is 6.08. The molecular formula is C17H18ClFN4O4. The average molecular weight is 397 g/mol. The number of halogens is 2. The maximum atomic E-state index is 13.0. The lowest BCUT2D eigenvalue weighted by molar-refractivity contribution is 0.102. The van der Waals surface area contributed by atoms with E-state index in [2.05, 4.69) is 10.4 Å². The number of aliphatic hydroxyl groups is 1. The van der Waals surface area contributed by atoms with Gasteiger partial charge >= 0.3 is 5.37 Å². The Hall–Kier alpha value is -2.78. The number of aromatic nitrogens is 2. The second-order valence-corrected chi connectivity index (χ2v) is 6.41. The van der Waals surface area contributed by atoms with Crippen LogP contribution in [0.1, 0.15) is 35.5 Å². The number of hydrogen-bond acceptors (Lipinski definition) is 5. The number of anilines is 1. The van der Waals surface area contributed by atoms with Crippen LogP contribution in [0.25, 0.3) is 0 Å². The van der Waals surface area contributed by atoms with E-state index in [1.165, 1.54) is 17.0 Å². The molecule has 27 heavy (non-hydrogen) atoms. The standard InChI is InChI=1S/C16H14ClFN4O3.CH4O/c1-16(2)12-11(7-21(16)15(17)25)13(22(8-23)20-12)19-14(24)9-3-5-10(18)6-4-9;1-2/h3-6,8H,7H2,1-2H3,(H,19,24);2H,1H3. The minimum Gasteiger partial charge on any atom is -0.400 e. The van der Waals surface area contributed by atoms with Crippen LogP contribution < -0.4 is 5.32 Å². The van der Waals surface area contributed by atoms with Crippen molar-refractivity contribution in [2.75, 3.05) is 12.4 Å². The summed E-state index contributed by atoms with van der Waals surface area (Å²) in [7, 11) is 1.00. The first-order valence-corrected chi connectivity index (χ1v) is 8.19. The van der Waals surface area contributed by atoms with Gasteiger partial charge in [-0.1, -0.05) is 0 Å². The SMILES string of the molecule is CC1(C)c2nn(C=O)c(NC(=O)c3ccc(F)cc3)c2CN1C(=O)Cl.CO. The molecule has 2 heterocycles. The molecule has 2 amide bonds. The van der Waals surface area contributed by atoms with Crippen molar-refractivity contribution < 1.29 is 23.9 Å². The fourth-order valence-electron chi connectivity index (χ4n) is 2.87. The first-order valence-electron chi connectivity index (χ1n) is 7.81. The van der Waals surface area contributed by atoms with E-state index in [9.17, 15) is 18.8 Å². The topological polar surface area (TPSA) is 105 Å². The average Bonchev–Trinajstić information content (AvgIpc) is 3.12. The Labute approximate surface area is 159 Å². The van der Waals surface area contributed by atoms with Crippen molar-refractivity contribution in [2.45, 2.75) is 25.9 Å². The summed E-state index contributed by atoms with van der Waals surface area (Å²) < 4.78 is 14.0. The van der Waals surface area contributed by atoms with E-state index in [1.54, 1.807) is 13.8 Å². The van der Waals surface area contributed by atoms with Crippen molar-refractivity contribution in [3.8, 4) is 0 Å². The molecule has 0 saturated heterocycles. The van der Waals surface area contributed by atoms with Gasteiger partial charge in [-0.05, 0) is 49.7 Å². The number of nitrogens with zero attached hydrogens (tertiary/aromatic N) is 3. The molecule has 0 fully saturated rings. The molecule has 1 aromatic heterocycles. The minimum atomic E-state index is -0.822. The molecule has 8 nitrogen and oxygen atoms in total.